The van der Waals surface area contributed by atoms with Gasteiger partial charge >= 0.3 is 0 Å². The number of aliphatic hydroxyl groups excluding tert-OH is 1. The molecule has 0 aliphatic carbocycles. The summed E-state index contributed by atoms with van der Waals surface area (Å²) in [4.78, 5) is 30.0. The van der Waals surface area contributed by atoms with Crippen LogP contribution in [0.4, 0.5) is 22.7 Å². The molecule has 0 saturated carbocycles. The lowest BCUT2D eigenvalue weighted by atomic mass is 10.1. The molecule has 0 saturated heterocycles. The first kappa shape index (κ1) is 20.6. The second kappa shape index (κ2) is 8.93. The Bertz CT molecular complexity index is 1010. The fraction of sp³-hybridized carbons (Fsp3) is 0.316. The van der Waals surface area contributed by atoms with E-state index >= 15 is 0 Å². The van der Waals surface area contributed by atoms with E-state index < -0.39 is 0 Å². The highest BCUT2D eigenvalue weighted by atomic mass is 32.1. The van der Waals surface area contributed by atoms with Crippen molar-refractivity contribution in [3.63, 3.8) is 0 Å². The molecule has 9 nitrogen and oxygen atoms in total. The van der Waals surface area contributed by atoms with E-state index in [0.29, 0.717) is 34.3 Å². The van der Waals surface area contributed by atoms with Crippen LogP contribution in [0.15, 0.2) is 18.3 Å². The van der Waals surface area contributed by atoms with E-state index in [-0.39, 0.29) is 12.5 Å². The van der Waals surface area contributed by atoms with Gasteiger partial charge in [0.15, 0.2) is 5.13 Å². The van der Waals surface area contributed by atoms with Crippen LogP contribution in [0.5, 0.6) is 0 Å². The summed E-state index contributed by atoms with van der Waals surface area (Å²) in [6.45, 7) is 8.02. The van der Waals surface area contributed by atoms with Crippen molar-refractivity contribution in [2.24, 2.45) is 0 Å². The van der Waals surface area contributed by atoms with E-state index in [1.165, 1.54) is 17.5 Å². The number of aryl methyl sites for hydroxylation is 4. The summed E-state index contributed by atoms with van der Waals surface area (Å²) in [5.41, 5.74) is 4.00. The first-order valence-corrected chi connectivity index (χ1v) is 9.87. The van der Waals surface area contributed by atoms with Gasteiger partial charge in [-0.15, -0.1) is 0 Å². The Morgan fingerprint density at radius 1 is 1.07 bits per heavy atom. The molecule has 4 N–H and O–H groups in total. The fourth-order valence-electron chi connectivity index (χ4n) is 2.87. The molecule has 3 aromatic rings. The zero-order chi connectivity index (χ0) is 21.0. The summed E-state index contributed by atoms with van der Waals surface area (Å²) in [6, 6.07) is 4.07. The van der Waals surface area contributed by atoms with Gasteiger partial charge in [-0.1, -0.05) is 29.0 Å². The van der Waals surface area contributed by atoms with Gasteiger partial charge in [-0.05, 0) is 38.8 Å². The Kier molecular flexibility index (Phi) is 6.35. The Morgan fingerprint density at radius 3 is 2.45 bits per heavy atom. The first-order chi connectivity index (χ1) is 13.9. The number of carbonyl (C=O) groups excluding carboxylic acids is 1. The summed E-state index contributed by atoms with van der Waals surface area (Å²) >= 11 is 1.20. The first-order valence-electron chi connectivity index (χ1n) is 9.05. The van der Waals surface area contributed by atoms with Gasteiger partial charge in [-0.3, -0.25) is 10.1 Å². The Morgan fingerprint density at radius 2 is 1.76 bits per heavy atom. The van der Waals surface area contributed by atoms with E-state index in [1.54, 1.807) is 6.92 Å². The van der Waals surface area contributed by atoms with Crippen LogP contribution >= 0.6 is 11.3 Å². The number of thiazole rings is 1. The minimum Gasteiger partial charge on any atom is -0.395 e. The van der Waals surface area contributed by atoms with Crippen LogP contribution in [0, 0.1) is 27.7 Å². The molecule has 0 bridgehead atoms. The number of carbonyl (C=O) groups is 1. The normalized spacial score (nSPS) is 10.7. The number of nitrogens with one attached hydrogen (secondary N) is 3. The molecule has 3 rings (SSSR count). The molecule has 2 heterocycles. The third kappa shape index (κ3) is 5.24. The average Bonchev–Trinajstić information content (AvgIpc) is 3.11. The average molecular weight is 414 g/mol. The zero-order valence-electron chi connectivity index (χ0n) is 16.7. The van der Waals surface area contributed by atoms with Gasteiger partial charge in [0.25, 0.3) is 5.91 Å². The van der Waals surface area contributed by atoms with Crippen LogP contribution in [0.3, 0.4) is 0 Å². The summed E-state index contributed by atoms with van der Waals surface area (Å²) in [5.74, 6) is 0.962. The summed E-state index contributed by atoms with van der Waals surface area (Å²) in [5, 5.41) is 18.3. The monoisotopic (exact) mass is 413 g/mol. The highest BCUT2D eigenvalue weighted by molar-refractivity contribution is 7.17. The van der Waals surface area contributed by atoms with Crippen LogP contribution in [-0.2, 0) is 0 Å². The van der Waals surface area contributed by atoms with Gasteiger partial charge in [-0.25, -0.2) is 4.98 Å². The number of hydrogen-bond donors (Lipinski definition) is 4. The predicted molar refractivity (Wildman–Crippen MR) is 114 cm³/mol. The Labute approximate surface area is 172 Å². The van der Waals surface area contributed by atoms with E-state index in [9.17, 15) is 4.79 Å². The van der Waals surface area contributed by atoms with Crippen LogP contribution < -0.4 is 16.0 Å². The van der Waals surface area contributed by atoms with Crippen molar-refractivity contribution in [2.45, 2.75) is 27.7 Å². The van der Waals surface area contributed by atoms with Gasteiger partial charge < -0.3 is 15.7 Å². The van der Waals surface area contributed by atoms with Gasteiger partial charge in [-0.2, -0.15) is 15.0 Å². The number of rotatable bonds is 7. The molecular formula is C19H23N7O2S. The van der Waals surface area contributed by atoms with E-state index in [1.807, 2.05) is 32.9 Å². The van der Waals surface area contributed by atoms with Crippen LogP contribution in [0.1, 0.15) is 32.2 Å². The fourth-order valence-corrected chi connectivity index (χ4v) is 3.57. The van der Waals surface area contributed by atoms with Crippen molar-refractivity contribution in [3.05, 3.63) is 45.7 Å². The maximum absolute atomic E-state index is 12.7. The molecule has 0 aliphatic heterocycles. The predicted octanol–water partition coefficient (Wildman–Crippen LogP) is 2.96. The molecular weight excluding hydrogens is 390 g/mol. The standard InChI is InChI=1S/C19H23N7O2S/c1-10-7-11(2)15(12(3)8-10)24-16(28)14-9-21-19(29-14)26-18-23-13(4)22-17(25-18)20-5-6-27/h7-9,27H,5-6H2,1-4H3,(H,24,28)(H2,20,21,22,23,25,26). The lowest BCUT2D eigenvalue weighted by Crippen LogP contribution is -2.12. The summed E-state index contributed by atoms with van der Waals surface area (Å²) in [7, 11) is 0. The van der Waals surface area contributed by atoms with Crippen molar-refractivity contribution in [2.75, 3.05) is 29.1 Å². The topological polar surface area (TPSA) is 125 Å². The molecule has 1 amide bonds. The molecule has 1 aromatic carbocycles. The Balaban J connectivity index is 1.73. The maximum Gasteiger partial charge on any atom is 0.267 e. The van der Waals surface area contributed by atoms with Gasteiger partial charge in [0.1, 0.15) is 10.7 Å². The second-order valence-electron chi connectivity index (χ2n) is 6.56. The zero-order valence-corrected chi connectivity index (χ0v) is 17.5. The van der Waals surface area contributed by atoms with Crippen molar-refractivity contribution in [3.8, 4) is 0 Å². The molecule has 152 valence electrons. The number of aliphatic hydroxyl groups is 1. The maximum atomic E-state index is 12.7. The molecule has 2 aromatic heterocycles. The van der Waals surface area contributed by atoms with E-state index in [4.69, 9.17) is 5.11 Å². The van der Waals surface area contributed by atoms with Crippen molar-refractivity contribution >= 4 is 40.0 Å². The third-order valence-corrected chi connectivity index (χ3v) is 4.92. The smallest absolute Gasteiger partial charge is 0.267 e. The molecule has 10 heteroatoms. The van der Waals surface area contributed by atoms with Crippen LogP contribution in [0.25, 0.3) is 0 Å². The molecule has 0 fully saturated rings. The quantitative estimate of drug-likeness (QED) is 0.466. The number of aromatic nitrogens is 4. The van der Waals surface area contributed by atoms with Crippen molar-refractivity contribution in [1.29, 1.82) is 0 Å². The van der Waals surface area contributed by atoms with Gasteiger partial charge in [0.05, 0.1) is 12.8 Å². The minimum absolute atomic E-state index is 0.0294. The summed E-state index contributed by atoms with van der Waals surface area (Å²) < 4.78 is 0. The minimum atomic E-state index is -0.220. The highest BCUT2D eigenvalue weighted by Crippen LogP contribution is 2.25. The van der Waals surface area contributed by atoms with Crippen molar-refractivity contribution in [1.82, 2.24) is 19.9 Å². The van der Waals surface area contributed by atoms with Crippen LogP contribution in [-0.4, -0.2) is 44.1 Å². The largest absolute Gasteiger partial charge is 0.395 e. The number of amides is 1. The number of hydrogen-bond acceptors (Lipinski definition) is 9. The SMILES string of the molecule is Cc1cc(C)c(NC(=O)c2cnc(Nc3nc(C)nc(NCCO)n3)s2)c(C)c1. The molecule has 0 spiro atoms. The number of nitrogens with zero attached hydrogens (tertiary/aromatic N) is 4. The second-order valence-corrected chi connectivity index (χ2v) is 7.59. The van der Waals surface area contributed by atoms with Gasteiger partial charge in [0.2, 0.25) is 11.9 Å². The van der Waals surface area contributed by atoms with Crippen LogP contribution in [0.2, 0.25) is 0 Å². The summed E-state index contributed by atoms with van der Waals surface area (Å²) in [6.07, 6.45) is 1.51. The van der Waals surface area contributed by atoms with E-state index in [2.05, 4.69) is 35.9 Å². The molecule has 0 atom stereocenters. The lowest BCUT2D eigenvalue weighted by molar-refractivity contribution is 0.103. The number of benzene rings is 1. The molecule has 0 unspecified atom stereocenters. The highest BCUT2D eigenvalue weighted by Gasteiger charge is 2.14. The van der Waals surface area contributed by atoms with E-state index in [0.717, 1.165) is 22.4 Å². The van der Waals surface area contributed by atoms with Crippen molar-refractivity contribution < 1.29 is 9.90 Å². The third-order valence-electron chi connectivity index (χ3n) is 4.01. The Hall–Kier alpha value is -3.11. The van der Waals surface area contributed by atoms with Gasteiger partial charge in [0, 0.05) is 12.2 Å². The number of anilines is 4. The molecule has 29 heavy (non-hydrogen) atoms. The lowest BCUT2D eigenvalue weighted by Gasteiger charge is -2.12. The molecule has 0 radical (unpaired) electrons. The molecule has 0 aliphatic rings.